The summed E-state index contributed by atoms with van der Waals surface area (Å²) in [6.45, 7) is 9.23. The van der Waals surface area contributed by atoms with Crippen molar-refractivity contribution in [1.82, 2.24) is 4.90 Å². The lowest BCUT2D eigenvalue weighted by atomic mass is 10.0. The molecule has 39 heavy (non-hydrogen) atoms. The van der Waals surface area contributed by atoms with E-state index in [1.807, 2.05) is 21.6 Å². The Morgan fingerprint density at radius 2 is 0.846 bits per heavy atom. The highest BCUT2D eigenvalue weighted by Gasteiger charge is 2.15. The summed E-state index contributed by atoms with van der Waals surface area (Å²) in [4.78, 5) is 2.36. The van der Waals surface area contributed by atoms with E-state index in [2.05, 4.69) is 25.7 Å². The lowest BCUT2D eigenvalue weighted by Crippen LogP contribution is -2.38. The number of aliphatic hydroxyl groups is 2. The molecular weight excluding hydrogens is 519 g/mol. The Morgan fingerprint density at radius 3 is 1.23 bits per heavy atom. The Balaban J connectivity index is 4.09. The lowest BCUT2D eigenvalue weighted by Gasteiger charge is -2.27. The third-order valence-electron chi connectivity index (χ3n) is 7.87. The van der Waals surface area contributed by atoms with E-state index >= 15 is 0 Å². The molecule has 0 fully saturated rings. The second-order valence-electron chi connectivity index (χ2n) is 11.9. The van der Waals surface area contributed by atoms with Gasteiger partial charge in [0.1, 0.15) is 0 Å². The molecule has 0 aliphatic heterocycles. The fourth-order valence-electron chi connectivity index (χ4n) is 5.41. The molecule has 0 saturated heterocycles. The molecule has 5 heteroatoms. The van der Waals surface area contributed by atoms with E-state index in [0.717, 1.165) is 51.7 Å². The SMILES string of the molecule is CCCCCCCCCCCCC(O)CN(CCCCSSCC)CC(O)CCCCCCCCCCCC. The molecular formula is C34H71NO2S2. The molecule has 0 aromatic rings. The Kier molecular flexibility index (Phi) is 33.6. The van der Waals surface area contributed by atoms with E-state index in [1.54, 1.807) is 0 Å². The van der Waals surface area contributed by atoms with Crippen molar-refractivity contribution in [3.63, 3.8) is 0 Å². The summed E-state index contributed by atoms with van der Waals surface area (Å²) in [5.74, 6) is 2.38. The van der Waals surface area contributed by atoms with Crippen molar-refractivity contribution in [2.24, 2.45) is 0 Å². The monoisotopic (exact) mass is 589 g/mol. The van der Waals surface area contributed by atoms with E-state index < -0.39 is 0 Å². The van der Waals surface area contributed by atoms with Crippen molar-refractivity contribution in [2.45, 2.75) is 187 Å². The largest absolute Gasteiger partial charge is 0.392 e. The molecule has 236 valence electrons. The lowest BCUT2D eigenvalue weighted by molar-refractivity contribution is 0.0599. The number of nitrogens with zero attached hydrogens (tertiary/aromatic N) is 1. The fourth-order valence-corrected chi connectivity index (χ4v) is 7.22. The molecule has 0 bridgehead atoms. The Morgan fingerprint density at radius 1 is 0.462 bits per heavy atom. The topological polar surface area (TPSA) is 43.7 Å². The van der Waals surface area contributed by atoms with Crippen LogP contribution in [0.5, 0.6) is 0 Å². The van der Waals surface area contributed by atoms with Gasteiger partial charge in [-0.1, -0.05) is 171 Å². The molecule has 0 rings (SSSR count). The van der Waals surface area contributed by atoms with Crippen LogP contribution in [0.3, 0.4) is 0 Å². The number of aliphatic hydroxyl groups excluding tert-OH is 2. The van der Waals surface area contributed by atoms with Gasteiger partial charge in [0.15, 0.2) is 0 Å². The third-order valence-corrected chi connectivity index (χ3v) is 10.4. The molecule has 0 aromatic carbocycles. The van der Waals surface area contributed by atoms with Gasteiger partial charge in [-0.25, -0.2) is 0 Å². The second-order valence-corrected chi connectivity index (χ2v) is 14.8. The van der Waals surface area contributed by atoms with E-state index in [0.29, 0.717) is 0 Å². The molecule has 0 saturated carbocycles. The molecule has 2 atom stereocenters. The highest BCUT2D eigenvalue weighted by atomic mass is 33.1. The second kappa shape index (κ2) is 33.1. The molecule has 0 radical (unpaired) electrons. The molecule has 2 unspecified atom stereocenters. The molecule has 2 N–H and O–H groups in total. The standard InChI is InChI=1S/C34H71NO2S2/c1-4-7-9-11-13-15-17-19-21-23-27-33(36)31-35(29-25-26-30-39-38-6-3)32-34(37)28-24-22-20-18-16-14-12-10-8-5-2/h33-34,36-37H,4-32H2,1-3H3. The van der Waals surface area contributed by atoms with Crippen molar-refractivity contribution in [3.8, 4) is 0 Å². The maximum absolute atomic E-state index is 10.8. The van der Waals surface area contributed by atoms with Gasteiger partial charge in [0, 0.05) is 24.6 Å². The van der Waals surface area contributed by atoms with Crippen LogP contribution in [0.2, 0.25) is 0 Å². The average molecular weight is 590 g/mol. The maximum atomic E-state index is 10.8. The summed E-state index contributed by atoms with van der Waals surface area (Å²) in [6, 6.07) is 0. The number of unbranched alkanes of at least 4 members (excludes halogenated alkanes) is 19. The van der Waals surface area contributed by atoms with Crippen LogP contribution < -0.4 is 0 Å². The van der Waals surface area contributed by atoms with Gasteiger partial charge < -0.3 is 10.2 Å². The first kappa shape index (κ1) is 39.6. The molecule has 0 aliphatic carbocycles. The van der Waals surface area contributed by atoms with Gasteiger partial charge >= 0.3 is 0 Å². The zero-order valence-electron chi connectivity index (χ0n) is 26.8. The van der Waals surface area contributed by atoms with Crippen LogP contribution in [0.4, 0.5) is 0 Å². The van der Waals surface area contributed by atoms with Gasteiger partial charge in [-0.3, -0.25) is 4.90 Å². The van der Waals surface area contributed by atoms with Gasteiger partial charge in [0.25, 0.3) is 0 Å². The number of hydrogen-bond donors (Lipinski definition) is 2. The van der Waals surface area contributed by atoms with Crippen molar-refractivity contribution < 1.29 is 10.2 Å². The molecule has 0 aliphatic rings. The molecule has 0 heterocycles. The van der Waals surface area contributed by atoms with Crippen LogP contribution in [0.25, 0.3) is 0 Å². The first-order chi connectivity index (χ1) is 19.1. The van der Waals surface area contributed by atoms with Gasteiger partial charge in [-0.05, 0) is 32.2 Å². The molecule has 0 aromatic heterocycles. The van der Waals surface area contributed by atoms with Crippen LogP contribution in [0, 0.1) is 0 Å². The van der Waals surface area contributed by atoms with Crippen LogP contribution >= 0.6 is 21.6 Å². The Bertz CT molecular complexity index is 423. The van der Waals surface area contributed by atoms with Crippen molar-refractivity contribution in [1.29, 1.82) is 0 Å². The molecule has 3 nitrogen and oxygen atoms in total. The van der Waals surface area contributed by atoms with E-state index in [-0.39, 0.29) is 12.2 Å². The predicted molar refractivity (Wildman–Crippen MR) is 181 cm³/mol. The minimum absolute atomic E-state index is 0.256. The summed E-state index contributed by atoms with van der Waals surface area (Å²) in [5.41, 5.74) is 0. The summed E-state index contributed by atoms with van der Waals surface area (Å²) < 4.78 is 0. The highest BCUT2D eigenvalue weighted by molar-refractivity contribution is 8.76. The van der Waals surface area contributed by atoms with Crippen molar-refractivity contribution in [3.05, 3.63) is 0 Å². The van der Waals surface area contributed by atoms with Crippen molar-refractivity contribution >= 4 is 21.6 Å². The van der Waals surface area contributed by atoms with Crippen molar-refractivity contribution in [2.75, 3.05) is 31.1 Å². The first-order valence-corrected chi connectivity index (χ1v) is 20.0. The summed E-state index contributed by atoms with van der Waals surface area (Å²) in [5, 5.41) is 21.5. The summed E-state index contributed by atoms with van der Waals surface area (Å²) in [7, 11) is 3.93. The fraction of sp³-hybridized carbons (Fsp3) is 1.00. The zero-order valence-corrected chi connectivity index (χ0v) is 28.5. The average Bonchev–Trinajstić information content (AvgIpc) is 2.92. The van der Waals surface area contributed by atoms with Crippen LogP contribution in [0.1, 0.15) is 175 Å². The van der Waals surface area contributed by atoms with Crippen LogP contribution in [-0.4, -0.2) is 58.5 Å². The Labute approximate surface area is 254 Å². The normalized spacial score (nSPS) is 13.4. The van der Waals surface area contributed by atoms with E-state index in [4.69, 9.17) is 0 Å². The van der Waals surface area contributed by atoms with E-state index in [9.17, 15) is 10.2 Å². The maximum Gasteiger partial charge on any atom is 0.0667 e. The predicted octanol–water partition coefficient (Wildman–Crippen LogP) is 10.8. The first-order valence-electron chi connectivity index (χ1n) is 17.5. The minimum atomic E-state index is -0.256. The highest BCUT2D eigenvalue weighted by Crippen LogP contribution is 2.22. The van der Waals surface area contributed by atoms with Gasteiger partial charge in [0.05, 0.1) is 12.2 Å². The number of hydrogen-bond acceptors (Lipinski definition) is 5. The van der Waals surface area contributed by atoms with Gasteiger partial charge in [0.2, 0.25) is 0 Å². The smallest absolute Gasteiger partial charge is 0.0667 e. The molecule has 0 amide bonds. The number of rotatable bonds is 33. The Hall–Kier alpha value is 0.580. The quantitative estimate of drug-likeness (QED) is 0.0589. The third kappa shape index (κ3) is 31.3. The minimum Gasteiger partial charge on any atom is -0.392 e. The summed E-state index contributed by atoms with van der Waals surface area (Å²) >= 11 is 0. The van der Waals surface area contributed by atoms with Crippen LogP contribution in [-0.2, 0) is 0 Å². The van der Waals surface area contributed by atoms with Crippen LogP contribution in [0.15, 0.2) is 0 Å². The van der Waals surface area contributed by atoms with E-state index in [1.165, 1.54) is 134 Å². The molecule has 0 spiro atoms. The van der Waals surface area contributed by atoms with Gasteiger partial charge in [-0.2, -0.15) is 0 Å². The van der Waals surface area contributed by atoms with Gasteiger partial charge in [-0.15, -0.1) is 0 Å². The summed E-state index contributed by atoms with van der Waals surface area (Å²) in [6.07, 6.45) is 30.4. The zero-order chi connectivity index (χ0) is 28.7.